The highest BCUT2D eigenvalue weighted by atomic mass is 127. The Morgan fingerprint density at radius 1 is 1.33 bits per heavy atom. The summed E-state index contributed by atoms with van der Waals surface area (Å²) in [5, 5.41) is 3.18. The molecule has 1 unspecified atom stereocenters. The number of nitrogens with zero attached hydrogens (tertiary/aromatic N) is 2. The van der Waals surface area contributed by atoms with Crippen LogP contribution in [0.3, 0.4) is 0 Å². The first-order valence-corrected chi connectivity index (χ1v) is 8.37. The normalized spacial score (nSPS) is 20.4. The average molecular weight is 410 g/mol. The van der Waals surface area contributed by atoms with Crippen molar-refractivity contribution >= 4 is 29.9 Å². The van der Waals surface area contributed by atoms with Crippen molar-refractivity contribution in [3.8, 4) is 0 Å². The van der Waals surface area contributed by atoms with Crippen LogP contribution >= 0.6 is 24.0 Å². The minimum absolute atomic E-state index is 0. The monoisotopic (exact) mass is 410 g/mol. The number of nitrogens with one attached hydrogen (secondary N) is 1. The quantitative estimate of drug-likeness (QED) is 0.280. The number of guanidine groups is 1. The van der Waals surface area contributed by atoms with Crippen LogP contribution in [0.2, 0.25) is 0 Å². The zero-order valence-corrected chi connectivity index (χ0v) is 16.4. The third-order valence-electron chi connectivity index (χ3n) is 4.10. The molecule has 1 fully saturated rings. The second-order valence-electron chi connectivity index (χ2n) is 6.46. The second-order valence-corrected chi connectivity index (χ2v) is 6.46. The van der Waals surface area contributed by atoms with Gasteiger partial charge in [0.1, 0.15) is 0 Å². The summed E-state index contributed by atoms with van der Waals surface area (Å²) in [6.07, 6.45) is 7.65. The fraction of sp³-hybridized carbons (Fsp3) is 0.938. The first-order valence-electron chi connectivity index (χ1n) is 8.37. The summed E-state index contributed by atoms with van der Waals surface area (Å²) in [5.41, 5.74) is 5.84. The van der Waals surface area contributed by atoms with Crippen LogP contribution in [0.5, 0.6) is 0 Å². The summed E-state index contributed by atoms with van der Waals surface area (Å²) in [7, 11) is 0. The fourth-order valence-corrected chi connectivity index (χ4v) is 2.66. The zero-order chi connectivity index (χ0) is 14.8. The largest absolute Gasteiger partial charge is 0.370 e. The Kier molecular flexibility index (Phi) is 12.5. The molecule has 1 heterocycles. The van der Waals surface area contributed by atoms with E-state index >= 15 is 0 Å². The van der Waals surface area contributed by atoms with E-state index in [1.165, 1.54) is 38.8 Å². The Labute approximate surface area is 148 Å². The molecular formula is C16H35IN4. The Bertz CT molecular complexity index is 281. The molecule has 4 nitrogen and oxygen atoms in total. The van der Waals surface area contributed by atoms with Crippen LogP contribution in [-0.2, 0) is 0 Å². The molecule has 3 N–H and O–H groups in total. The smallest absolute Gasteiger partial charge is 0.188 e. The zero-order valence-electron chi connectivity index (χ0n) is 14.1. The highest BCUT2D eigenvalue weighted by molar-refractivity contribution is 14.0. The maximum Gasteiger partial charge on any atom is 0.188 e. The molecule has 0 amide bonds. The first kappa shape index (κ1) is 21.0. The molecule has 0 spiro atoms. The van der Waals surface area contributed by atoms with Gasteiger partial charge in [-0.25, -0.2) is 0 Å². The van der Waals surface area contributed by atoms with Gasteiger partial charge in [0.2, 0.25) is 0 Å². The lowest BCUT2D eigenvalue weighted by atomic mass is 10.0. The summed E-state index contributed by atoms with van der Waals surface area (Å²) < 4.78 is 0. The molecule has 0 aromatic heterocycles. The van der Waals surface area contributed by atoms with Crippen LogP contribution < -0.4 is 11.1 Å². The number of halogens is 1. The van der Waals surface area contributed by atoms with E-state index in [1.54, 1.807) is 0 Å². The lowest BCUT2D eigenvalue weighted by molar-refractivity contribution is 0.158. The second kappa shape index (κ2) is 12.5. The number of unbranched alkanes of at least 4 members (excludes halogenated alkanes) is 1. The Morgan fingerprint density at radius 3 is 2.76 bits per heavy atom. The fourth-order valence-electron chi connectivity index (χ4n) is 2.66. The molecule has 5 heteroatoms. The van der Waals surface area contributed by atoms with Gasteiger partial charge in [-0.1, -0.05) is 20.3 Å². The van der Waals surface area contributed by atoms with Crippen molar-refractivity contribution < 1.29 is 0 Å². The molecule has 1 aliphatic heterocycles. The molecule has 1 rings (SSSR count). The van der Waals surface area contributed by atoms with Gasteiger partial charge in [-0.2, -0.15) is 0 Å². The van der Waals surface area contributed by atoms with E-state index < -0.39 is 0 Å². The van der Waals surface area contributed by atoms with Gasteiger partial charge in [0, 0.05) is 19.1 Å². The highest BCUT2D eigenvalue weighted by Crippen LogP contribution is 2.16. The molecule has 0 aromatic carbocycles. The predicted octanol–water partition coefficient (Wildman–Crippen LogP) is 3.21. The van der Waals surface area contributed by atoms with Gasteiger partial charge in [0.15, 0.2) is 5.96 Å². The summed E-state index contributed by atoms with van der Waals surface area (Å²) in [6.45, 7) is 11.1. The molecule has 126 valence electrons. The van der Waals surface area contributed by atoms with Crippen molar-refractivity contribution in [1.29, 1.82) is 0 Å². The van der Waals surface area contributed by atoms with Crippen LogP contribution in [0.15, 0.2) is 4.99 Å². The van der Waals surface area contributed by atoms with E-state index in [0.717, 1.165) is 32.0 Å². The Morgan fingerprint density at radius 2 is 2.10 bits per heavy atom. The molecule has 0 bridgehead atoms. The number of piperidine rings is 1. The Balaban J connectivity index is 0.00000400. The van der Waals surface area contributed by atoms with Gasteiger partial charge in [-0.05, 0) is 58.0 Å². The number of hydrogen-bond donors (Lipinski definition) is 2. The summed E-state index contributed by atoms with van der Waals surface area (Å²) >= 11 is 0. The van der Waals surface area contributed by atoms with Crippen LogP contribution in [-0.4, -0.2) is 43.1 Å². The Hall–Kier alpha value is -0.0400. The van der Waals surface area contributed by atoms with Crippen molar-refractivity contribution in [3.05, 3.63) is 0 Å². The molecule has 0 saturated carbocycles. The predicted molar refractivity (Wildman–Crippen MR) is 103 cm³/mol. The van der Waals surface area contributed by atoms with E-state index in [2.05, 4.69) is 36.0 Å². The molecule has 0 radical (unpaired) electrons. The van der Waals surface area contributed by atoms with Crippen LogP contribution in [0.4, 0.5) is 0 Å². The maximum absolute atomic E-state index is 5.84. The van der Waals surface area contributed by atoms with Crippen molar-refractivity contribution in [2.45, 2.75) is 65.3 Å². The van der Waals surface area contributed by atoms with Gasteiger partial charge in [-0.15, -0.1) is 24.0 Å². The number of nitrogens with two attached hydrogens (primary N) is 1. The van der Waals surface area contributed by atoms with Crippen LogP contribution in [0, 0.1) is 5.92 Å². The van der Waals surface area contributed by atoms with Crippen LogP contribution in [0.1, 0.15) is 59.3 Å². The van der Waals surface area contributed by atoms with E-state index in [1.807, 2.05) is 0 Å². The van der Waals surface area contributed by atoms with E-state index in [0.29, 0.717) is 11.9 Å². The van der Waals surface area contributed by atoms with E-state index in [4.69, 9.17) is 5.73 Å². The SMILES string of the molecule is CC(C)CCNC(N)=NCCCCN1CCCCC1C.I. The van der Waals surface area contributed by atoms with Crippen molar-refractivity contribution in [2.75, 3.05) is 26.2 Å². The topological polar surface area (TPSA) is 53.6 Å². The van der Waals surface area contributed by atoms with Gasteiger partial charge >= 0.3 is 0 Å². The molecular weight excluding hydrogens is 375 g/mol. The highest BCUT2D eigenvalue weighted by Gasteiger charge is 2.16. The van der Waals surface area contributed by atoms with Crippen molar-refractivity contribution in [3.63, 3.8) is 0 Å². The lowest BCUT2D eigenvalue weighted by Gasteiger charge is -2.33. The first-order chi connectivity index (χ1) is 9.59. The van der Waals surface area contributed by atoms with Gasteiger partial charge < -0.3 is 16.0 Å². The van der Waals surface area contributed by atoms with Crippen molar-refractivity contribution in [2.24, 2.45) is 16.6 Å². The van der Waals surface area contributed by atoms with E-state index in [9.17, 15) is 0 Å². The molecule has 0 aliphatic carbocycles. The summed E-state index contributed by atoms with van der Waals surface area (Å²) in [5.74, 6) is 1.32. The minimum atomic E-state index is 0. The summed E-state index contributed by atoms with van der Waals surface area (Å²) in [4.78, 5) is 7.01. The minimum Gasteiger partial charge on any atom is -0.370 e. The van der Waals surface area contributed by atoms with E-state index in [-0.39, 0.29) is 24.0 Å². The molecule has 0 aromatic rings. The number of likely N-dealkylation sites (tertiary alicyclic amines) is 1. The average Bonchev–Trinajstić information content (AvgIpc) is 2.40. The molecule has 1 atom stereocenters. The van der Waals surface area contributed by atoms with Gasteiger partial charge in [0.05, 0.1) is 0 Å². The standard InChI is InChI=1S/C16H34N4.HI/c1-14(2)9-11-19-16(17)18-10-5-7-13-20-12-6-4-8-15(20)3;/h14-15H,4-13H2,1-3H3,(H3,17,18,19);1H. The van der Waals surface area contributed by atoms with Crippen LogP contribution in [0.25, 0.3) is 0 Å². The van der Waals surface area contributed by atoms with Crippen molar-refractivity contribution in [1.82, 2.24) is 10.2 Å². The molecule has 1 saturated heterocycles. The van der Waals surface area contributed by atoms with Gasteiger partial charge in [0.25, 0.3) is 0 Å². The van der Waals surface area contributed by atoms with Gasteiger partial charge in [-0.3, -0.25) is 4.99 Å². The number of rotatable bonds is 8. The summed E-state index contributed by atoms with van der Waals surface area (Å²) in [6, 6.07) is 0.773. The third kappa shape index (κ3) is 10.3. The maximum atomic E-state index is 5.84. The lowest BCUT2D eigenvalue weighted by Crippen LogP contribution is -2.38. The third-order valence-corrected chi connectivity index (χ3v) is 4.10. The molecule has 1 aliphatic rings. The molecule has 21 heavy (non-hydrogen) atoms. The number of aliphatic imine (C=N–C) groups is 1. The number of hydrogen-bond acceptors (Lipinski definition) is 2.